The van der Waals surface area contributed by atoms with Crippen molar-refractivity contribution in [1.29, 1.82) is 0 Å². The van der Waals surface area contributed by atoms with Gasteiger partial charge >= 0.3 is 12.2 Å². The highest BCUT2D eigenvalue weighted by Crippen LogP contribution is 2.29. The molecule has 0 radical (unpaired) electrons. The van der Waals surface area contributed by atoms with Gasteiger partial charge in [-0.05, 0) is 36.2 Å². The fraction of sp³-hybridized carbons (Fsp3) is 0.316. The van der Waals surface area contributed by atoms with Gasteiger partial charge in [0.1, 0.15) is 0 Å². The minimum atomic E-state index is -4.39. The quantitative estimate of drug-likeness (QED) is 0.868. The van der Waals surface area contributed by atoms with Crippen molar-refractivity contribution in [3.63, 3.8) is 0 Å². The van der Waals surface area contributed by atoms with Gasteiger partial charge in [-0.3, -0.25) is 0 Å². The van der Waals surface area contributed by atoms with E-state index < -0.39 is 11.7 Å². The van der Waals surface area contributed by atoms with Gasteiger partial charge in [-0.15, -0.1) is 0 Å². The van der Waals surface area contributed by atoms with Gasteiger partial charge in [0, 0.05) is 31.4 Å². The van der Waals surface area contributed by atoms with Crippen LogP contribution >= 0.6 is 0 Å². The third-order valence-corrected chi connectivity index (χ3v) is 4.35. The zero-order chi connectivity index (χ0) is 18.6. The molecule has 0 saturated carbocycles. The van der Waals surface area contributed by atoms with E-state index in [1.54, 1.807) is 6.07 Å². The summed E-state index contributed by atoms with van der Waals surface area (Å²) >= 11 is 0. The van der Waals surface area contributed by atoms with Gasteiger partial charge < -0.3 is 15.5 Å². The molecule has 1 atom stereocenters. The summed E-state index contributed by atoms with van der Waals surface area (Å²) in [6.45, 7) is 1.61. The Kier molecular flexibility index (Phi) is 5.35. The molecule has 26 heavy (non-hydrogen) atoms. The molecule has 0 spiro atoms. The molecule has 1 fully saturated rings. The van der Waals surface area contributed by atoms with Crippen LogP contribution in [0.3, 0.4) is 0 Å². The number of hydrogen-bond donors (Lipinski definition) is 2. The van der Waals surface area contributed by atoms with Crippen LogP contribution in [0, 0.1) is 0 Å². The second-order valence-electron chi connectivity index (χ2n) is 6.29. The average molecular weight is 363 g/mol. The second-order valence-corrected chi connectivity index (χ2v) is 6.29. The van der Waals surface area contributed by atoms with Gasteiger partial charge in [0.2, 0.25) is 0 Å². The molecular formula is C19H20F3N3O. The first-order valence-electron chi connectivity index (χ1n) is 8.42. The van der Waals surface area contributed by atoms with Crippen molar-refractivity contribution in [2.24, 2.45) is 0 Å². The van der Waals surface area contributed by atoms with E-state index in [0.29, 0.717) is 12.1 Å². The number of alkyl halides is 3. The van der Waals surface area contributed by atoms with E-state index in [2.05, 4.69) is 15.5 Å². The number of urea groups is 1. The van der Waals surface area contributed by atoms with Crippen LogP contribution in [0.2, 0.25) is 0 Å². The van der Waals surface area contributed by atoms with Crippen LogP contribution in [0.1, 0.15) is 17.5 Å². The molecule has 0 aromatic heterocycles. The molecule has 1 aliphatic rings. The van der Waals surface area contributed by atoms with Crippen LogP contribution in [-0.2, 0) is 12.7 Å². The predicted molar refractivity (Wildman–Crippen MR) is 93.9 cm³/mol. The summed E-state index contributed by atoms with van der Waals surface area (Å²) in [5.74, 6) is 0. The fourth-order valence-corrected chi connectivity index (χ4v) is 3.03. The Labute approximate surface area is 150 Å². The molecule has 4 nitrogen and oxygen atoms in total. The fourth-order valence-electron chi connectivity index (χ4n) is 3.03. The van der Waals surface area contributed by atoms with Crippen LogP contribution in [0.4, 0.5) is 23.7 Å². The van der Waals surface area contributed by atoms with E-state index in [1.165, 1.54) is 6.07 Å². The minimum Gasteiger partial charge on any atom is -0.369 e. The number of hydrogen-bond acceptors (Lipinski definition) is 2. The third kappa shape index (κ3) is 4.68. The summed E-state index contributed by atoms with van der Waals surface area (Å²) in [6.07, 6.45) is -3.56. The Morgan fingerprint density at radius 2 is 1.88 bits per heavy atom. The SMILES string of the molecule is O=C(NCc1cccc(C(F)(F)F)c1)NC1CCN(c2ccccc2)C1. The number of rotatable bonds is 4. The Morgan fingerprint density at radius 3 is 2.62 bits per heavy atom. The molecule has 1 saturated heterocycles. The standard InChI is InChI=1S/C19H20F3N3O/c20-19(21,22)15-6-4-5-14(11-15)12-23-18(26)24-16-9-10-25(13-16)17-7-2-1-3-8-17/h1-8,11,16H,9-10,12-13H2,(H2,23,24,26). The molecule has 3 rings (SSSR count). The zero-order valence-electron chi connectivity index (χ0n) is 14.1. The smallest absolute Gasteiger partial charge is 0.369 e. The van der Waals surface area contributed by atoms with Crippen LogP contribution in [0.15, 0.2) is 54.6 Å². The summed E-state index contributed by atoms with van der Waals surface area (Å²) in [6, 6.07) is 14.5. The first-order valence-corrected chi connectivity index (χ1v) is 8.42. The molecule has 1 unspecified atom stereocenters. The molecule has 2 amide bonds. The van der Waals surface area contributed by atoms with Crippen LogP contribution in [-0.4, -0.2) is 25.2 Å². The van der Waals surface area contributed by atoms with Gasteiger partial charge in [-0.2, -0.15) is 13.2 Å². The molecule has 2 N–H and O–H groups in total. The van der Waals surface area contributed by atoms with Gasteiger partial charge in [0.05, 0.1) is 5.56 Å². The maximum atomic E-state index is 12.7. The highest BCUT2D eigenvalue weighted by atomic mass is 19.4. The maximum absolute atomic E-state index is 12.7. The summed E-state index contributed by atoms with van der Waals surface area (Å²) in [7, 11) is 0. The molecule has 138 valence electrons. The van der Waals surface area contributed by atoms with E-state index in [9.17, 15) is 18.0 Å². The number of carbonyl (C=O) groups is 1. The topological polar surface area (TPSA) is 44.4 Å². The van der Waals surface area contributed by atoms with E-state index >= 15 is 0 Å². The molecule has 0 aliphatic carbocycles. The highest BCUT2D eigenvalue weighted by molar-refractivity contribution is 5.74. The van der Waals surface area contributed by atoms with Crippen molar-refractivity contribution in [1.82, 2.24) is 10.6 Å². The van der Waals surface area contributed by atoms with E-state index in [1.807, 2.05) is 30.3 Å². The Balaban J connectivity index is 1.48. The number of halogens is 3. The van der Waals surface area contributed by atoms with Crippen molar-refractivity contribution >= 4 is 11.7 Å². The van der Waals surface area contributed by atoms with Gasteiger partial charge in [0.15, 0.2) is 0 Å². The minimum absolute atomic E-state index is 0.0108. The molecular weight excluding hydrogens is 343 g/mol. The Hall–Kier alpha value is -2.70. The number of benzene rings is 2. The van der Waals surface area contributed by atoms with E-state index in [0.717, 1.165) is 30.8 Å². The monoisotopic (exact) mass is 363 g/mol. The number of carbonyl (C=O) groups excluding carboxylic acids is 1. The predicted octanol–water partition coefficient (Wildman–Crippen LogP) is 3.78. The van der Waals surface area contributed by atoms with E-state index in [-0.39, 0.29) is 18.6 Å². The van der Waals surface area contributed by atoms with Gasteiger partial charge in [-0.1, -0.05) is 30.3 Å². The van der Waals surface area contributed by atoms with Crippen LogP contribution < -0.4 is 15.5 Å². The van der Waals surface area contributed by atoms with E-state index in [4.69, 9.17) is 0 Å². The summed E-state index contributed by atoms with van der Waals surface area (Å²) < 4.78 is 38.1. The van der Waals surface area contributed by atoms with Gasteiger partial charge in [-0.25, -0.2) is 4.79 Å². The van der Waals surface area contributed by atoms with Crippen molar-refractivity contribution in [3.05, 3.63) is 65.7 Å². The number of anilines is 1. The summed E-state index contributed by atoms with van der Waals surface area (Å²) in [5.41, 5.74) is 0.806. The largest absolute Gasteiger partial charge is 0.416 e. The molecule has 0 bridgehead atoms. The molecule has 2 aromatic carbocycles. The molecule has 1 heterocycles. The lowest BCUT2D eigenvalue weighted by atomic mass is 10.1. The van der Waals surface area contributed by atoms with Crippen molar-refractivity contribution in [2.75, 3.05) is 18.0 Å². The maximum Gasteiger partial charge on any atom is 0.416 e. The Bertz CT molecular complexity index is 749. The molecule has 2 aromatic rings. The number of amides is 2. The van der Waals surface area contributed by atoms with Crippen molar-refractivity contribution in [2.45, 2.75) is 25.2 Å². The normalized spacial score (nSPS) is 17.2. The van der Waals surface area contributed by atoms with Gasteiger partial charge in [0.25, 0.3) is 0 Å². The second kappa shape index (κ2) is 7.68. The van der Waals surface area contributed by atoms with Crippen LogP contribution in [0.25, 0.3) is 0 Å². The zero-order valence-corrected chi connectivity index (χ0v) is 14.1. The number of nitrogens with one attached hydrogen (secondary N) is 2. The lowest BCUT2D eigenvalue weighted by Crippen LogP contribution is -2.43. The van der Waals surface area contributed by atoms with Crippen molar-refractivity contribution < 1.29 is 18.0 Å². The first kappa shape index (κ1) is 18.1. The summed E-state index contributed by atoms with van der Waals surface area (Å²) in [5, 5.41) is 5.50. The number of para-hydroxylation sites is 1. The first-order chi connectivity index (χ1) is 12.4. The Morgan fingerprint density at radius 1 is 1.12 bits per heavy atom. The lowest BCUT2D eigenvalue weighted by molar-refractivity contribution is -0.137. The summed E-state index contributed by atoms with van der Waals surface area (Å²) in [4.78, 5) is 14.2. The average Bonchev–Trinajstić information content (AvgIpc) is 3.09. The highest BCUT2D eigenvalue weighted by Gasteiger charge is 2.30. The lowest BCUT2D eigenvalue weighted by Gasteiger charge is -2.19. The van der Waals surface area contributed by atoms with Crippen LogP contribution in [0.5, 0.6) is 0 Å². The molecule has 7 heteroatoms. The van der Waals surface area contributed by atoms with Crippen molar-refractivity contribution in [3.8, 4) is 0 Å². The number of nitrogens with zero attached hydrogens (tertiary/aromatic N) is 1. The molecule has 1 aliphatic heterocycles. The third-order valence-electron chi connectivity index (χ3n) is 4.35.